The van der Waals surface area contributed by atoms with Gasteiger partial charge in [-0.2, -0.15) is 4.98 Å². The van der Waals surface area contributed by atoms with Crippen molar-refractivity contribution in [3.05, 3.63) is 41.0 Å². The van der Waals surface area contributed by atoms with Crippen LogP contribution in [0.4, 0.5) is 0 Å². The lowest BCUT2D eigenvalue weighted by Crippen LogP contribution is -2.23. The minimum atomic E-state index is -0.441. The summed E-state index contributed by atoms with van der Waals surface area (Å²) in [6.07, 6.45) is 1.17. The van der Waals surface area contributed by atoms with E-state index in [1.54, 1.807) is 0 Å². The molecule has 0 aliphatic heterocycles. The van der Waals surface area contributed by atoms with E-state index in [0.717, 1.165) is 0 Å². The first-order valence-electron chi connectivity index (χ1n) is 4.69. The van der Waals surface area contributed by atoms with Crippen molar-refractivity contribution in [3.8, 4) is 5.75 Å². The van der Waals surface area contributed by atoms with Gasteiger partial charge in [-0.15, -0.1) is 0 Å². The second-order valence-corrected chi connectivity index (χ2v) is 3.63. The van der Waals surface area contributed by atoms with Crippen LogP contribution in [0.5, 0.6) is 5.75 Å². The average Bonchev–Trinajstić information content (AvgIpc) is 2.78. The molecule has 0 fully saturated rings. The van der Waals surface area contributed by atoms with E-state index in [1.165, 1.54) is 24.6 Å². The van der Waals surface area contributed by atoms with Gasteiger partial charge in [0.05, 0.1) is 12.1 Å². The lowest BCUT2D eigenvalue weighted by atomic mass is 10.2. The number of carbonyl (C=O) groups is 1. The number of nitrogens with one attached hydrogen (secondary N) is 1. The van der Waals surface area contributed by atoms with E-state index >= 15 is 0 Å². The van der Waals surface area contributed by atoms with Crippen LogP contribution in [-0.4, -0.2) is 21.2 Å². The first-order chi connectivity index (χ1) is 8.16. The number of aromatic nitrogens is 2. The number of aromatic hydroxyl groups is 1. The molecular weight excluding hydrogens is 246 g/mol. The second-order valence-electron chi connectivity index (χ2n) is 3.19. The number of benzene rings is 1. The predicted octanol–water partition coefficient (Wildman–Crippen LogP) is 1.36. The Morgan fingerprint density at radius 1 is 1.53 bits per heavy atom. The predicted molar refractivity (Wildman–Crippen MR) is 58.6 cm³/mol. The Balaban J connectivity index is 2.04. The largest absolute Gasteiger partial charge is 0.507 e. The van der Waals surface area contributed by atoms with Crippen molar-refractivity contribution in [3.63, 3.8) is 0 Å². The standard InChI is InChI=1S/C10H8ClN3O3/c11-6-1-2-7(8(15)3-6)10(16)12-4-9-13-5-17-14-9/h1-3,5,15H,4H2,(H,12,16). The van der Waals surface area contributed by atoms with Crippen LogP contribution in [-0.2, 0) is 6.54 Å². The molecule has 1 heterocycles. The SMILES string of the molecule is O=C(NCc1ncon1)c1ccc(Cl)cc1O. The molecule has 0 unspecified atom stereocenters. The Morgan fingerprint density at radius 2 is 2.35 bits per heavy atom. The van der Waals surface area contributed by atoms with Gasteiger partial charge in [0.2, 0.25) is 6.39 Å². The van der Waals surface area contributed by atoms with Gasteiger partial charge < -0.3 is 14.9 Å². The number of hydrogen-bond donors (Lipinski definition) is 2. The third kappa shape index (κ3) is 2.73. The van der Waals surface area contributed by atoms with Crippen molar-refractivity contribution in [2.75, 3.05) is 0 Å². The Kier molecular flexibility index (Phi) is 3.24. The molecule has 0 radical (unpaired) electrons. The first kappa shape index (κ1) is 11.4. The second kappa shape index (κ2) is 4.84. The van der Waals surface area contributed by atoms with Crippen LogP contribution in [0, 0.1) is 0 Å². The molecule has 88 valence electrons. The molecular formula is C10H8ClN3O3. The molecule has 1 aromatic carbocycles. The van der Waals surface area contributed by atoms with E-state index in [1.807, 2.05) is 0 Å². The van der Waals surface area contributed by atoms with E-state index in [4.69, 9.17) is 11.6 Å². The number of halogens is 1. The van der Waals surface area contributed by atoms with Crippen molar-refractivity contribution in [1.29, 1.82) is 0 Å². The van der Waals surface area contributed by atoms with Crippen LogP contribution in [0.3, 0.4) is 0 Å². The fourth-order valence-electron chi connectivity index (χ4n) is 1.22. The van der Waals surface area contributed by atoms with Gasteiger partial charge in [-0.1, -0.05) is 16.8 Å². The average molecular weight is 254 g/mol. The number of phenolic OH excluding ortho intramolecular Hbond substituents is 1. The fraction of sp³-hybridized carbons (Fsp3) is 0.100. The minimum absolute atomic E-state index is 0.122. The molecule has 6 nitrogen and oxygen atoms in total. The molecule has 0 spiro atoms. The van der Waals surface area contributed by atoms with E-state index in [2.05, 4.69) is 20.0 Å². The maximum atomic E-state index is 11.7. The lowest BCUT2D eigenvalue weighted by Gasteiger charge is -2.04. The van der Waals surface area contributed by atoms with E-state index < -0.39 is 5.91 Å². The highest BCUT2D eigenvalue weighted by Crippen LogP contribution is 2.21. The first-order valence-corrected chi connectivity index (χ1v) is 5.06. The topological polar surface area (TPSA) is 88.3 Å². The van der Waals surface area contributed by atoms with Gasteiger partial charge in [-0.3, -0.25) is 4.79 Å². The smallest absolute Gasteiger partial charge is 0.255 e. The molecule has 0 atom stereocenters. The maximum absolute atomic E-state index is 11.7. The highest BCUT2D eigenvalue weighted by Gasteiger charge is 2.11. The zero-order valence-electron chi connectivity index (χ0n) is 8.55. The van der Waals surface area contributed by atoms with E-state index in [-0.39, 0.29) is 17.9 Å². The molecule has 0 saturated carbocycles. The van der Waals surface area contributed by atoms with Crippen LogP contribution >= 0.6 is 11.6 Å². The Morgan fingerprint density at radius 3 is 3.00 bits per heavy atom. The molecule has 0 bridgehead atoms. The molecule has 1 amide bonds. The van der Waals surface area contributed by atoms with Crippen molar-refractivity contribution in [2.24, 2.45) is 0 Å². The highest BCUT2D eigenvalue weighted by molar-refractivity contribution is 6.30. The maximum Gasteiger partial charge on any atom is 0.255 e. The summed E-state index contributed by atoms with van der Waals surface area (Å²) in [6.45, 7) is 0.122. The van der Waals surface area contributed by atoms with Crippen molar-refractivity contribution < 1.29 is 14.4 Å². The molecule has 0 saturated heterocycles. The molecule has 0 aliphatic rings. The van der Waals surface area contributed by atoms with Crippen LogP contribution in [0.25, 0.3) is 0 Å². The number of phenols is 1. The summed E-state index contributed by atoms with van der Waals surface area (Å²) < 4.78 is 4.51. The molecule has 2 aromatic rings. The zero-order valence-corrected chi connectivity index (χ0v) is 9.31. The van der Waals surface area contributed by atoms with Gasteiger partial charge in [-0.25, -0.2) is 0 Å². The van der Waals surface area contributed by atoms with Gasteiger partial charge in [0.1, 0.15) is 5.75 Å². The van der Waals surface area contributed by atoms with E-state index in [0.29, 0.717) is 10.8 Å². The fourth-order valence-corrected chi connectivity index (χ4v) is 1.39. The van der Waals surface area contributed by atoms with Gasteiger partial charge in [0.15, 0.2) is 5.82 Å². The molecule has 17 heavy (non-hydrogen) atoms. The van der Waals surface area contributed by atoms with Crippen molar-refractivity contribution >= 4 is 17.5 Å². The summed E-state index contributed by atoms with van der Waals surface area (Å²) in [5, 5.41) is 16.0. The Bertz CT molecular complexity index is 528. The molecule has 1 aromatic heterocycles. The monoisotopic (exact) mass is 253 g/mol. The highest BCUT2D eigenvalue weighted by atomic mass is 35.5. The van der Waals surface area contributed by atoms with Crippen LogP contribution in [0.15, 0.2) is 29.1 Å². The van der Waals surface area contributed by atoms with Gasteiger partial charge in [0.25, 0.3) is 5.91 Å². The lowest BCUT2D eigenvalue weighted by molar-refractivity contribution is 0.0947. The molecule has 2 N–H and O–H groups in total. The quantitative estimate of drug-likeness (QED) is 0.862. The van der Waals surface area contributed by atoms with Gasteiger partial charge in [-0.05, 0) is 18.2 Å². The summed E-state index contributed by atoms with van der Waals surface area (Å²) in [4.78, 5) is 15.4. The summed E-state index contributed by atoms with van der Waals surface area (Å²) in [6, 6.07) is 4.25. The summed E-state index contributed by atoms with van der Waals surface area (Å²) in [5.74, 6) is -0.265. The van der Waals surface area contributed by atoms with Crippen LogP contribution in [0.1, 0.15) is 16.2 Å². The zero-order chi connectivity index (χ0) is 12.3. The summed E-state index contributed by atoms with van der Waals surface area (Å²) in [7, 11) is 0. The number of nitrogens with zero attached hydrogens (tertiary/aromatic N) is 2. The van der Waals surface area contributed by atoms with Gasteiger partial charge >= 0.3 is 0 Å². The third-order valence-electron chi connectivity index (χ3n) is 2.02. The van der Waals surface area contributed by atoms with Crippen LogP contribution < -0.4 is 5.32 Å². The number of amides is 1. The third-order valence-corrected chi connectivity index (χ3v) is 2.25. The molecule has 2 rings (SSSR count). The Labute approximate surface area is 101 Å². The molecule has 0 aliphatic carbocycles. The van der Waals surface area contributed by atoms with Crippen molar-refractivity contribution in [2.45, 2.75) is 6.54 Å². The number of carbonyl (C=O) groups excluding carboxylic acids is 1. The Hall–Kier alpha value is -2.08. The summed E-state index contributed by atoms with van der Waals surface area (Å²) >= 11 is 5.66. The normalized spacial score (nSPS) is 10.2. The van der Waals surface area contributed by atoms with Crippen LogP contribution in [0.2, 0.25) is 5.02 Å². The van der Waals surface area contributed by atoms with Gasteiger partial charge in [0, 0.05) is 5.02 Å². The number of rotatable bonds is 3. The minimum Gasteiger partial charge on any atom is -0.507 e. The summed E-state index contributed by atoms with van der Waals surface area (Å²) in [5.41, 5.74) is 0.137. The van der Waals surface area contributed by atoms with E-state index in [9.17, 15) is 9.90 Å². The molecule has 7 heteroatoms. The van der Waals surface area contributed by atoms with Crippen molar-refractivity contribution in [1.82, 2.24) is 15.5 Å². The number of hydrogen-bond acceptors (Lipinski definition) is 5.